The molecule has 0 aliphatic heterocycles. The number of rotatable bonds is 5. The van der Waals surface area contributed by atoms with Gasteiger partial charge in [-0.3, -0.25) is 9.20 Å². The number of carbonyl (C=O) groups excluding carboxylic acids is 1. The zero-order valence-corrected chi connectivity index (χ0v) is 21.6. The Morgan fingerprint density at radius 3 is 2.16 bits per heavy atom. The molecule has 0 unspecified atom stereocenters. The van der Waals surface area contributed by atoms with Crippen LogP contribution in [0.3, 0.4) is 0 Å². The summed E-state index contributed by atoms with van der Waals surface area (Å²) in [4.78, 5) is 21.4. The summed E-state index contributed by atoms with van der Waals surface area (Å²) < 4.78 is 2.09. The van der Waals surface area contributed by atoms with Crippen molar-refractivity contribution in [3.8, 4) is 0 Å². The molecule has 1 aliphatic carbocycles. The Kier molecular flexibility index (Phi) is 8.92. The van der Waals surface area contributed by atoms with Crippen LogP contribution in [-0.4, -0.2) is 20.2 Å². The van der Waals surface area contributed by atoms with Gasteiger partial charge in [-0.1, -0.05) is 79.0 Å². The second-order valence-corrected chi connectivity index (χ2v) is 11.9. The van der Waals surface area contributed by atoms with Gasteiger partial charge in [-0.2, -0.15) is 0 Å². The minimum absolute atomic E-state index is 0.00279. The van der Waals surface area contributed by atoms with Crippen molar-refractivity contribution in [2.75, 3.05) is 0 Å². The minimum Gasteiger partial charge on any atom is -0.402 e. The number of hydrogen-bond donors (Lipinski definition) is 1. The van der Waals surface area contributed by atoms with Crippen molar-refractivity contribution < 1.29 is 4.79 Å². The predicted molar refractivity (Wildman–Crippen MR) is 134 cm³/mol. The van der Waals surface area contributed by atoms with Crippen LogP contribution >= 0.6 is 11.6 Å². The molecule has 1 aliphatic rings. The summed E-state index contributed by atoms with van der Waals surface area (Å²) in [6.45, 7) is 16.3. The van der Waals surface area contributed by atoms with Gasteiger partial charge in [-0.25, -0.2) is 9.97 Å². The maximum absolute atomic E-state index is 12.5. The fourth-order valence-corrected chi connectivity index (χ4v) is 4.56. The van der Waals surface area contributed by atoms with E-state index in [4.69, 9.17) is 17.3 Å². The van der Waals surface area contributed by atoms with Gasteiger partial charge in [-0.05, 0) is 30.1 Å². The van der Waals surface area contributed by atoms with E-state index < -0.39 is 0 Å². The first-order valence-corrected chi connectivity index (χ1v) is 12.1. The average molecular weight is 461 g/mol. The summed E-state index contributed by atoms with van der Waals surface area (Å²) in [7, 11) is 0. The SMILES string of the molecule is C=C(N)CC(C)(C)C.CC(C)(C)CC(=O)Cc1cnc(Cl)c2cnc(C3CCCCC3)n12. The molecule has 0 spiro atoms. The van der Waals surface area contributed by atoms with Crippen molar-refractivity contribution in [2.24, 2.45) is 16.6 Å². The number of aromatic nitrogens is 3. The Morgan fingerprint density at radius 1 is 1.06 bits per heavy atom. The molecule has 1 saturated carbocycles. The van der Waals surface area contributed by atoms with Gasteiger partial charge >= 0.3 is 0 Å². The highest BCUT2D eigenvalue weighted by Gasteiger charge is 2.24. The maximum atomic E-state index is 12.5. The predicted octanol–water partition coefficient (Wildman–Crippen LogP) is 6.87. The summed E-state index contributed by atoms with van der Waals surface area (Å²) in [5.74, 6) is 1.74. The van der Waals surface area contributed by atoms with E-state index in [9.17, 15) is 4.79 Å². The number of Topliss-reactive ketones (excluding diaryl/α,β-unsaturated/α-hetero) is 1. The number of allylic oxidation sites excluding steroid dienone is 1. The second kappa shape index (κ2) is 10.8. The number of nitrogens with zero attached hydrogens (tertiary/aromatic N) is 3. The van der Waals surface area contributed by atoms with Crippen LogP contribution in [0.1, 0.15) is 104 Å². The lowest BCUT2D eigenvalue weighted by atomic mass is 9.88. The summed E-state index contributed by atoms with van der Waals surface area (Å²) in [6.07, 6.45) is 11.5. The topological polar surface area (TPSA) is 73.3 Å². The van der Waals surface area contributed by atoms with E-state index in [2.05, 4.69) is 62.5 Å². The Labute approximate surface area is 198 Å². The Hall–Kier alpha value is -1.88. The van der Waals surface area contributed by atoms with E-state index >= 15 is 0 Å². The summed E-state index contributed by atoms with van der Waals surface area (Å²) in [6, 6.07) is 0. The molecule has 2 heterocycles. The van der Waals surface area contributed by atoms with E-state index in [1.54, 1.807) is 12.4 Å². The lowest BCUT2D eigenvalue weighted by Gasteiger charge is -2.22. The molecule has 3 rings (SSSR count). The standard InChI is InChI=1S/C19H26ClN3O.C7H15N/c1-19(2,3)10-15(24)9-14-11-21-17(20)16-12-22-18(23(14)16)13-7-5-4-6-8-13;1-6(8)5-7(2,3)4/h11-13H,4-10H2,1-3H3;1,5,8H2,2-4H3. The number of imidazole rings is 1. The summed E-state index contributed by atoms with van der Waals surface area (Å²) in [5, 5.41) is 0.455. The van der Waals surface area contributed by atoms with Crippen LogP contribution in [0.25, 0.3) is 5.52 Å². The molecular formula is C26H41ClN4O. The second-order valence-electron chi connectivity index (χ2n) is 11.6. The van der Waals surface area contributed by atoms with Gasteiger partial charge in [-0.15, -0.1) is 0 Å². The highest BCUT2D eigenvalue weighted by molar-refractivity contribution is 6.32. The molecular weight excluding hydrogens is 420 g/mol. The highest BCUT2D eigenvalue weighted by atomic mass is 35.5. The number of nitrogens with two attached hydrogens (primary N) is 1. The number of carbonyl (C=O) groups is 1. The van der Waals surface area contributed by atoms with Crippen LogP contribution in [0.15, 0.2) is 24.7 Å². The van der Waals surface area contributed by atoms with Gasteiger partial charge in [0.1, 0.15) is 17.1 Å². The van der Waals surface area contributed by atoms with Crippen LogP contribution in [0.4, 0.5) is 0 Å². The van der Waals surface area contributed by atoms with E-state index in [-0.39, 0.29) is 11.2 Å². The third-order valence-electron chi connectivity index (χ3n) is 5.45. The van der Waals surface area contributed by atoms with Crippen LogP contribution < -0.4 is 5.73 Å². The van der Waals surface area contributed by atoms with Crippen molar-refractivity contribution in [1.82, 2.24) is 14.4 Å². The Bertz CT molecular complexity index is 928. The fraction of sp³-hybridized carbons (Fsp3) is 0.654. The first-order valence-electron chi connectivity index (χ1n) is 11.7. The van der Waals surface area contributed by atoms with Crippen molar-refractivity contribution in [3.63, 3.8) is 0 Å². The molecule has 0 aromatic carbocycles. The smallest absolute Gasteiger partial charge is 0.154 e. The van der Waals surface area contributed by atoms with Gasteiger partial charge in [0.25, 0.3) is 0 Å². The van der Waals surface area contributed by atoms with Gasteiger partial charge < -0.3 is 5.73 Å². The molecule has 6 heteroatoms. The van der Waals surface area contributed by atoms with E-state index in [1.807, 2.05) is 0 Å². The zero-order chi connectivity index (χ0) is 24.1. The number of hydrogen-bond acceptors (Lipinski definition) is 4. The largest absolute Gasteiger partial charge is 0.402 e. The van der Waals surface area contributed by atoms with Crippen molar-refractivity contribution >= 4 is 22.9 Å². The molecule has 32 heavy (non-hydrogen) atoms. The summed E-state index contributed by atoms with van der Waals surface area (Å²) >= 11 is 6.27. The van der Waals surface area contributed by atoms with E-state index in [0.29, 0.717) is 29.3 Å². The monoisotopic (exact) mass is 460 g/mol. The fourth-order valence-electron chi connectivity index (χ4n) is 4.38. The van der Waals surface area contributed by atoms with Gasteiger partial charge in [0.2, 0.25) is 0 Å². The molecule has 0 atom stereocenters. The van der Waals surface area contributed by atoms with Crippen LogP contribution in [-0.2, 0) is 11.2 Å². The van der Waals surface area contributed by atoms with Crippen LogP contribution in [0.5, 0.6) is 0 Å². The Balaban J connectivity index is 0.000000390. The maximum Gasteiger partial charge on any atom is 0.154 e. The third-order valence-corrected chi connectivity index (χ3v) is 5.74. The van der Waals surface area contributed by atoms with Gasteiger partial charge in [0.05, 0.1) is 11.9 Å². The van der Waals surface area contributed by atoms with Gasteiger partial charge in [0, 0.05) is 30.7 Å². The number of ketones is 1. The van der Waals surface area contributed by atoms with E-state index in [0.717, 1.165) is 42.0 Å². The van der Waals surface area contributed by atoms with E-state index in [1.165, 1.54) is 19.3 Å². The molecule has 2 aromatic rings. The molecule has 0 radical (unpaired) electrons. The zero-order valence-electron chi connectivity index (χ0n) is 20.8. The van der Waals surface area contributed by atoms with Crippen molar-refractivity contribution in [3.05, 3.63) is 41.3 Å². The van der Waals surface area contributed by atoms with Crippen LogP contribution in [0, 0.1) is 10.8 Å². The number of halogens is 1. The van der Waals surface area contributed by atoms with Crippen molar-refractivity contribution in [1.29, 1.82) is 0 Å². The number of fused-ring (bicyclic) bond motifs is 1. The lowest BCUT2D eigenvalue weighted by Crippen LogP contribution is -2.17. The van der Waals surface area contributed by atoms with Crippen molar-refractivity contribution in [2.45, 2.75) is 98.8 Å². The quantitative estimate of drug-likeness (QED) is 0.528. The lowest BCUT2D eigenvalue weighted by molar-refractivity contribution is -0.120. The summed E-state index contributed by atoms with van der Waals surface area (Å²) in [5.41, 5.74) is 8.18. The molecule has 2 aromatic heterocycles. The average Bonchev–Trinajstić information content (AvgIpc) is 3.08. The highest BCUT2D eigenvalue weighted by Crippen LogP contribution is 2.33. The first kappa shape index (κ1) is 26.4. The molecule has 5 nitrogen and oxygen atoms in total. The first-order chi connectivity index (χ1) is 14.8. The van der Waals surface area contributed by atoms with Gasteiger partial charge in [0.15, 0.2) is 5.15 Å². The minimum atomic E-state index is -0.00279. The normalized spacial score (nSPS) is 15.3. The molecule has 0 bridgehead atoms. The third kappa shape index (κ3) is 8.23. The molecule has 2 N–H and O–H groups in total. The molecule has 1 fully saturated rings. The molecule has 0 saturated heterocycles. The Morgan fingerprint density at radius 2 is 1.66 bits per heavy atom. The van der Waals surface area contributed by atoms with Crippen LogP contribution in [0.2, 0.25) is 5.15 Å². The molecule has 0 amide bonds. The molecule has 178 valence electrons.